The molecule has 0 spiro atoms. The van der Waals surface area contributed by atoms with Crippen LogP contribution in [0.3, 0.4) is 0 Å². The molecule has 3 heteroatoms. The van der Waals surface area contributed by atoms with Gasteiger partial charge in [0, 0.05) is 19.1 Å². The van der Waals surface area contributed by atoms with E-state index in [1.165, 1.54) is 31.5 Å². The zero-order valence-corrected chi connectivity index (χ0v) is 13.1. The van der Waals surface area contributed by atoms with Crippen LogP contribution >= 0.6 is 0 Å². The number of ether oxygens (including phenoxy) is 1. The van der Waals surface area contributed by atoms with Gasteiger partial charge < -0.3 is 15.0 Å². The highest BCUT2D eigenvalue weighted by Gasteiger charge is 2.20. The fourth-order valence-corrected chi connectivity index (χ4v) is 3.04. The van der Waals surface area contributed by atoms with Crippen molar-refractivity contribution in [3.8, 4) is 5.75 Å². The van der Waals surface area contributed by atoms with Gasteiger partial charge in [0.1, 0.15) is 5.75 Å². The third-order valence-electron chi connectivity index (χ3n) is 4.12. The van der Waals surface area contributed by atoms with Crippen LogP contribution in [-0.2, 0) is 0 Å². The lowest BCUT2D eigenvalue weighted by atomic mass is 9.98. The molecule has 1 N–H and O–H groups in total. The van der Waals surface area contributed by atoms with E-state index in [-0.39, 0.29) is 0 Å². The lowest BCUT2D eigenvalue weighted by Gasteiger charge is -2.33. The minimum absolute atomic E-state index is 0.399. The standard InChI is InChI=1S/C17H28N2O/c1-4-20-16-9-7-15(8-10-16)17(18-3)13-19-11-5-6-14(2)12-19/h7-10,14,17-18H,4-6,11-13H2,1-3H3. The fraction of sp³-hybridized carbons (Fsp3) is 0.647. The highest BCUT2D eigenvalue weighted by atomic mass is 16.5. The molecule has 0 amide bonds. The van der Waals surface area contributed by atoms with Crippen molar-refractivity contribution in [3.05, 3.63) is 29.8 Å². The maximum atomic E-state index is 5.51. The minimum Gasteiger partial charge on any atom is -0.494 e. The van der Waals surface area contributed by atoms with Gasteiger partial charge in [0.2, 0.25) is 0 Å². The van der Waals surface area contributed by atoms with Crippen molar-refractivity contribution in [2.45, 2.75) is 32.7 Å². The Bertz CT molecular complexity index is 390. The summed E-state index contributed by atoms with van der Waals surface area (Å²) in [5.74, 6) is 1.79. The molecule has 1 saturated heterocycles. The number of likely N-dealkylation sites (N-methyl/N-ethyl adjacent to an activating group) is 1. The second-order valence-electron chi connectivity index (χ2n) is 5.85. The smallest absolute Gasteiger partial charge is 0.119 e. The van der Waals surface area contributed by atoms with E-state index in [1.807, 2.05) is 6.92 Å². The van der Waals surface area contributed by atoms with Crippen LogP contribution in [-0.4, -0.2) is 38.2 Å². The largest absolute Gasteiger partial charge is 0.494 e. The van der Waals surface area contributed by atoms with E-state index in [9.17, 15) is 0 Å². The molecule has 0 radical (unpaired) electrons. The lowest BCUT2D eigenvalue weighted by molar-refractivity contribution is 0.169. The molecule has 1 heterocycles. The number of nitrogens with zero attached hydrogens (tertiary/aromatic N) is 1. The zero-order valence-electron chi connectivity index (χ0n) is 13.1. The number of rotatable bonds is 6. The summed E-state index contributed by atoms with van der Waals surface area (Å²) in [6.07, 6.45) is 2.71. The summed E-state index contributed by atoms with van der Waals surface area (Å²) in [4.78, 5) is 2.59. The normalized spacial score (nSPS) is 21.6. The molecule has 2 atom stereocenters. The highest BCUT2D eigenvalue weighted by molar-refractivity contribution is 5.29. The SMILES string of the molecule is CCOc1ccc(C(CN2CCCC(C)C2)NC)cc1. The lowest BCUT2D eigenvalue weighted by Crippen LogP contribution is -2.39. The molecule has 1 fully saturated rings. The first-order chi connectivity index (χ1) is 9.72. The summed E-state index contributed by atoms with van der Waals surface area (Å²) in [6, 6.07) is 8.90. The maximum absolute atomic E-state index is 5.51. The molecule has 1 aliphatic rings. The average Bonchev–Trinajstić information content (AvgIpc) is 2.46. The Hall–Kier alpha value is -1.06. The van der Waals surface area contributed by atoms with Gasteiger partial charge in [-0.25, -0.2) is 0 Å². The Balaban J connectivity index is 1.96. The molecule has 3 nitrogen and oxygen atoms in total. The Morgan fingerprint density at radius 3 is 2.70 bits per heavy atom. The van der Waals surface area contributed by atoms with Gasteiger partial charge in [0.05, 0.1) is 6.61 Å². The quantitative estimate of drug-likeness (QED) is 0.864. The minimum atomic E-state index is 0.399. The van der Waals surface area contributed by atoms with Crippen molar-refractivity contribution in [1.29, 1.82) is 0 Å². The number of benzene rings is 1. The van der Waals surface area contributed by atoms with E-state index in [0.717, 1.165) is 24.8 Å². The summed E-state index contributed by atoms with van der Waals surface area (Å²) in [5.41, 5.74) is 1.34. The van der Waals surface area contributed by atoms with Crippen LogP contribution in [0.2, 0.25) is 0 Å². The van der Waals surface area contributed by atoms with Crippen LogP contribution in [0, 0.1) is 5.92 Å². The molecule has 2 unspecified atom stereocenters. The summed E-state index contributed by atoms with van der Waals surface area (Å²) in [7, 11) is 2.05. The number of hydrogen-bond acceptors (Lipinski definition) is 3. The number of hydrogen-bond donors (Lipinski definition) is 1. The second-order valence-corrected chi connectivity index (χ2v) is 5.85. The number of likely N-dealkylation sites (tertiary alicyclic amines) is 1. The Morgan fingerprint density at radius 1 is 1.35 bits per heavy atom. The molecule has 1 aliphatic heterocycles. The summed E-state index contributed by atoms with van der Waals surface area (Å²) in [6.45, 7) is 8.66. The van der Waals surface area contributed by atoms with E-state index < -0.39 is 0 Å². The first kappa shape index (κ1) is 15.3. The molecule has 2 rings (SSSR count). The number of nitrogens with one attached hydrogen (secondary N) is 1. The molecule has 0 aliphatic carbocycles. The van der Waals surface area contributed by atoms with Crippen molar-refractivity contribution in [1.82, 2.24) is 10.2 Å². The monoisotopic (exact) mass is 276 g/mol. The van der Waals surface area contributed by atoms with Crippen LogP contribution < -0.4 is 10.1 Å². The first-order valence-corrected chi connectivity index (χ1v) is 7.85. The highest BCUT2D eigenvalue weighted by Crippen LogP contribution is 2.22. The number of piperidine rings is 1. The molecular formula is C17H28N2O. The Labute approximate surface area is 123 Å². The average molecular weight is 276 g/mol. The molecule has 20 heavy (non-hydrogen) atoms. The Kier molecular flexibility index (Phi) is 5.86. The van der Waals surface area contributed by atoms with Crippen LogP contribution in [0.5, 0.6) is 5.75 Å². The summed E-state index contributed by atoms with van der Waals surface area (Å²) >= 11 is 0. The molecule has 0 saturated carbocycles. The molecular weight excluding hydrogens is 248 g/mol. The van der Waals surface area contributed by atoms with Gasteiger partial charge in [-0.15, -0.1) is 0 Å². The van der Waals surface area contributed by atoms with E-state index in [1.54, 1.807) is 0 Å². The third-order valence-corrected chi connectivity index (χ3v) is 4.12. The second kappa shape index (κ2) is 7.65. The van der Waals surface area contributed by atoms with E-state index in [2.05, 4.69) is 48.5 Å². The van der Waals surface area contributed by atoms with Gasteiger partial charge in [0.25, 0.3) is 0 Å². The van der Waals surface area contributed by atoms with Gasteiger partial charge in [-0.05, 0) is 57.0 Å². The zero-order chi connectivity index (χ0) is 14.4. The molecule has 1 aromatic rings. The van der Waals surface area contributed by atoms with Crippen molar-refractivity contribution in [3.63, 3.8) is 0 Å². The first-order valence-electron chi connectivity index (χ1n) is 7.85. The summed E-state index contributed by atoms with van der Waals surface area (Å²) < 4.78 is 5.51. The van der Waals surface area contributed by atoms with Gasteiger partial charge in [-0.1, -0.05) is 19.1 Å². The van der Waals surface area contributed by atoms with Gasteiger partial charge in [-0.2, -0.15) is 0 Å². The van der Waals surface area contributed by atoms with E-state index in [4.69, 9.17) is 4.74 Å². The predicted molar refractivity (Wildman–Crippen MR) is 84.2 cm³/mol. The van der Waals surface area contributed by atoms with Crippen LogP contribution in [0.25, 0.3) is 0 Å². The van der Waals surface area contributed by atoms with Crippen molar-refractivity contribution >= 4 is 0 Å². The third kappa shape index (κ3) is 4.22. The van der Waals surface area contributed by atoms with Gasteiger partial charge in [0.15, 0.2) is 0 Å². The van der Waals surface area contributed by atoms with E-state index in [0.29, 0.717) is 6.04 Å². The van der Waals surface area contributed by atoms with Crippen molar-refractivity contribution in [2.75, 3.05) is 33.3 Å². The van der Waals surface area contributed by atoms with Crippen LogP contribution in [0.1, 0.15) is 38.3 Å². The van der Waals surface area contributed by atoms with Crippen molar-refractivity contribution < 1.29 is 4.74 Å². The molecule has 112 valence electrons. The Morgan fingerprint density at radius 2 is 2.10 bits per heavy atom. The van der Waals surface area contributed by atoms with E-state index >= 15 is 0 Å². The maximum Gasteiger partial charge on any atom is 0.119 e. The van der Waals surface area contributed by atoms with Crippen LogP contribution in [0.4, 0.5) is 0 Å². The van der Waals surface area contributed by atoms with Crippen LogP contribution in [0.15, 0.2) is 24.3 Å². The van der Waals surface area contributed by atoms with Crippen molar-refractivity contribution in [2.24, 2.45) is 5.92 Å². The van der Waals surface area contributed by atoms with Gasteiger partial charge >= 0.3 is 0 Å². The topological polar surface area (TPSA) is 24.5 Å². The fourth-order valence-electron chi connectivity index (χ4n) is 3.04. The molecule has 0 bridgehead atoms. The predicted octanol–water partition coefficient (Wildman–Crippen LogP) is 3.08. The van der Waals surface area contributed by atoms with Gasteiger partial charge in [-0.3, -0.25) is 0 Å². The molecule has 0 aromatic heterocycles. The summed E-state index contributed by atoms with van der Waals surface area (Å²) in [5, 5.41) is 3.45. The molecule has 1 aromatic carbocycles.